The molecule has 0 unspecified atom stereocenters. The quantitative estimate of drug-likeness (QED) is 0.321. The van der Waals surface area contributed by atoms with Crippen molar-refractivity contribution in [2.45, 2.75) is 38.8 Å². The second kappa shape index (κ2) is 9.44. The maximum atomic E-state index is 14.6. The van der Waals surface area contributed by atoms with E-state index in [9.17, 15) is 9.18 Å². The van der Waals surface area contributed by atoms with Crippen LogP contribution in [0, 0.1) is 12.7 Å². The lowest BCUT2D eigenvalue weighted by atomic mass is 9.88. The Balaban J connectivity index is 1.48. The van der Waals surface area contributed by atoms with Gasteiger partial charge in [-0.15, -0.1) is 0 Å². The van der Waals surface area contributed by atoms with Crippen molar-refractivity contribution < 1.29 is 13.6 Å². The van der Waals surface area contributed by atoms with Gasteiger partial charge in [-0.1, -0.05) is 0 Å². The maximum Gasteiger partial charge on any atom is 0.250 e. The SMILES string of the molecule is Cc1ccc(CNCc2cc(F)cc(-c3cc(C(N)=O)c4[nH]cc(C5CCNCC5)c4c3)c2)o1. The molecule has 5 rings (SSSR count). The second-order valence-corrected chi connectivity index (χ2v) is 9.04. The number of rotatable bonds is 7. The van der Waals surface area contributed by atoms with E-state index in [-0.39, 0.29) is 5.82 Å². The van der Waals surface area contributed by atoms with Crippen LogP contribution in [0.5, 0.6) is 0 Å². The van der Waals surface area contributed by atoms with Gasteiger partial charge in [0, 0.05) is 18.1 Å². The van der Waals surface area contributed by atoms with Gasteiger partial charge >= 0.3 is 0 Å². The molecule has 2 aromatic heterocycles. The predicted molar refractivity (Wildman–Crippen MR) is 131 cm³/mol. The number of primary amides is 1. The van der Waals surface area contributed by atoms with E-state index in [2.05, 4.69) is 15.6 Å². The first-order chi connectivity index (χ1) is 16.5. The third-order valence-electron chi connectivity index (χ3n) is 6.58. The zero-order valence-corrected chi connectivity index (χ0v) is 19.2. The molecule has 2 aromatic carbocycles. The summed E-state index contributed by atoms with van der Waals surface area (Å²) in [6.45, 7) is 4.88. The van der Waals surface area contributed by atoms with Crippen LogP contribution in [0.3, 0.4) is 0 Å². The zero-order chi connectivity index (χ0) is 23.7. The topological polar surface area (TPSA) is 96.1 Å². The van der Waals surface area contributed by atoms with E-state index in [1.165, 1.54) is 17.7 Å². The van der Waals surface area contributed by atoms with E-state index in [0.717, 1.165) is 59.5 Å². The average Bonchev–Trinajstić information content (AvgIpc) is 3.44. The number of H-pyrrole nitrogens is 1. The summed E-state index contributed by atoms with van der Waals surface area (Å²) in [4.78, 5) is 15.6. The Morgan fingerprint density at radius 2 is 1.91 bits per heavy atom. The number of hydrogen-bond acceptors (Lipinski definition) is 4. The minimum Gasteiger partial charge on any atom is -0.465 e. The predicted octanol–water partition coefficient (Wildman–Crippen LogP) is 4.73. The third kappa shape index (κ3) is 4.62. The number of amides is 1. The standard InChI is InChI=1S/C27H29FN4O2/c1-16-2-3-22(34-16)14-31-13-17-8-19(10-21(28)9-17)20-11-23-25(18-4-6-30-7-5-18)15-32-26(23)24(12-20)27(29)33/h2-3,8-12,15,18,30-32H,4-7,13-14H2,1H3,(H2,29,33). The van der Waals surface area contributed by atoms with Crippen molar-refractivity contribution in [3.8, 4) is 11.1 Å². The van der Waals surface area contributed by atoms with E-state index in [1.54, 1.807) is 6.07 Å². The van der Waals surface area contributed by atoms with Gasteiger partial charge in [0.1, 0.15) is 17.3 Å². The number of benzene rings is 2. The number of aromatic amines is 1. The number of nitrogens with two attached hydrogens (primary N) is 1. The molecule has 0 saturated carbocycles. The fraction of sp³-hybridized carbons (Fsp3) is 0.296. The molecule has 0 atom stereocenters. The van der Waals surface area contributed by atoms with Crippen LogP contribution >= 0.6 is 0 Å². The molecule has 1 fully saturated rings. The molecule has 1 saturated heterocycles. The van der Waals surface area contributed by atoms with Crippen LogP contribution in [0.15, 0.2) is 53.1 Å². The van der Waals surface area contributed by atoms with Gasteiger partial charge in [-0.05, 0) is 103 Å². The number of nitrogens with one attached hydrogen (secondary N) is 3. The van der Waals surface area contributed by atoms with Gasteiger partial charge < -0.3 is 25.8 Å². The fourth-order valence-corrected chi connectivity index (χ4v) is 4.91. The van der Waals surface area contributed by atoms with E-state index in [0.29, 0.717) is 30.1 Å². The van der Waals surface area contributed by atoms with Gasteiger partial charge in [0.05, 0.1) is 17.6 Å². The van der Waals surface area contributed by atoms with Crippen LogP contribution in [-0.2, 0) is 13.1 Å². The van der Waals surface area contributed by atoms with Crippen molar-refractivity contribution >= 4 is 16.8 Å². The number of carbonyl (C=O) groups excluding carboxylic acids is 1. The van der Waals surface area contributed by atoms with Crippen LogP contribution in [0.4, 0.5) is 4.39 Å². The molecule has 5 N–H and O–H groups in total. The summed E-state index contributed by atoms with van der Waals surface area (Å²) in [5, 5.41) is 7.68. The molecule has 0 aliphatic carbocycles. The molecule has 34 heavy (non-hydrogen) atoms. The Bertz CT molecular complexity index is 1330. The largest absolute Gasteiger partial charge is 0.465 e. The highest BCUT2D eigenvalue weighted by Gasteiger charge is 2.21. The van der Waals surface area contributed by atoms with Gasteiger partial charge in [0.2, 0.25) is 0 Å². The molecular formula is C27H29FN4O2. The molecule has 0 bridgehead atoms. The molecule has 7 heteroatoms. The molecule has 0 spiro atoms. The van der Waals surface area contributed by atoms with E-state index in [4.69, 9.17) is 10.2 Å². The Morgan fingerprint density at radius 1 is 1.12 bits per heavy atom. The average molecular weight is 461 g/mol. The lowest BCUT2D eigenvalue weighted by Crippen LogP contribution is -2.26. The molecule has 176 valence electrons. The number of halogens is 1. The van der Waals surface area contributed by atoms with Crippen molar-refractivity contribution in [1.82, 2.24) is 15.6 Å². The minimum atomic E-state index is -0.502. The number of piperidine rings is 1. The summed E-state index contributed by atoms with van der Waals surface area (Å²) in [6.07, 6.45) is 4.07. The number of aromatic nitrogens is 1. The molecule has 1 amide bonds. The zero-order valence-electron chi connectivity index (χ0n) is 19.2. The van der Waals surface area contributed by atoms with E-state index < -0.39 is 5.91 Å². The molecular weight excluding hydrogens is 431 g/mol. The van der Waals surface area contributed by atoms with Gasteiger partial charge in [-0.3, -0.25) is 4.79 Å². The summed E-state index contributed by atoms with van der Waals surface area (Å²) in [7, 11) is 0. The van der Waals surface area contributed by atoms with Crippen molar-refractivity contribution in [3.63, 3.8) is 0 Å². The summed E-state index contributed by atoms with van der Waals surface area (Å²) in [5.74, 6) is 1.28. The van der Waals surface area contributed by atoms with Crippen molar-refractivity contribution in [2.24, 2.45) is 5.73 Å². The number of carbonyl (C=O) groups is 1. The molecule has 0 radical (unpaired) electrons. The Labute approximate surface area is 197 Å². The molecule has 4 aromatic rings. The van der Waals surface area contributed by atoms with Crippen LogP contribution in [0.25, 0.3) is 22.0 Å². The smallest absolute Gasteiger partial charge is 0.250 e. The van der Waals surface area contributed by atoms with Crippen molar-refractivity contribution in [3.05, 3.63) is 82.7 Å². The Hall–Kier alpha value is -3.42. The molecule has 6 nitrogen and oxygen atoms in total. The highest BCUT2D eigenvalue weighted by atomic mass is 19.1. The van der Waals surface area contributed by atoms with Crippen molar-refractivity contribution in [1.29, 1.82) is 0 Å². The van der Waals surface area contributed by atoms with E-state index in [1.807, 2.05) is 37.4 Å². The van der Waals surface area contributed by atoms with Gasteiger partial charge in [0.25, 0.3) is 5.91 Å². The highest BCUT2D eigenvalue weighted by molar-refractivity contribution is 6.07. The Morgan fingerprint density at radius 3 is 2.65 bits per heavy atom. The summed E-state index contributed by atoms with van der Waals surface area (Å²) >= 11 is 0. The van der Waals surface area contributed by atoms with Gasteiger partial charge in [-0.2, -0.15) is 0 Å². The lowest BCUT2D eigenvalue weighted by molar-refractivity contribution is 0.100. The first-order valence-corrected chi connectivity index (χ1v) is 11.7. The first-order valence-electron chi connectivity index (χ1n) is 11.7. The highest BCUT2D eigenvalue weighted by Crippen LogP contribution is 2.36. The molecule has 1 aliphatic heterocycles. The normalized spacial score (nSPS) is 14.6. The molecule has 3 heterocycles. The monoisotopic (exact) mass is 460 g/mol. The maximum absolute atomic E-state index is 14.6. The van der Waals surface area contributed by atoms with Crippen LogP contribution in [-0.4, -0.2) is 24.0 Å². The van der Waals surface area contributed by atoms with Crippen LogP contribution < -0.4 is 16.4 Å². The van der Waals surface area contributed by atoms with Crippen molar-refractivity contribution in [2.75, 3.05) is 13.1 Å². The van der Waals surface area contributed by atoms with Crippen LogP contribution in [0.2, 0.25) is 0 Å². The number of aryl methyl sites for hydroxylation is 1. The number of hydrogen-bond donors (Lipinski definition) is 4. The summed E-state index contributed by atoms with van der Waals surface area (Å²) in [5.41, 5.74) is 10.4. The number of furan rings is 1. The van der Waals surface area contributed by atoms with E-state index >= 15 is 0 Å². The summed E-state index contributed by atoms with van der Waals surface area (Å²) < 4.78 is 20.2. The first kappa shape index (κ1) is 22.4. The fourth-order valence-electron chi connectivity index (χ4n) is 4.91. The van der Waals surface area contributed by atoms with Crippen LogP contribution in [0.1, 0.15) is 51.8 Å². The minimum absolute atomic E-state index is 0.323. The Kier molecular flexibility index (Phi) is 6.22. The number of fused-ring (bicyclic) bond motifs is 1. The lowest BCUT2D eigenvalue weighted by Gasteiger charge is -2.22. The molecule has 1 aliphatic rings. The second-order valence-electron chi connectivity index (χ2n) is 9.04. The van der Waals surface area contributed by atoms with Gasteiger partial charge in [-0.25, -0.2) is 4.39 Å². The third-order valence-corrected chi connectivity index (χ3v) is 6.58. The summed E-state index contributed by atoms with van der Waals surface area (Å²) in [6, 6.07) is 12.6. The van der Waals surface area contributed by atoms with Gasteiger partial charge in [0.15, 0.2) is 0 Å².